The van der Waals surface area contributed by atoms with Crippen LogP contribution in [0.3, 0.4) is 0 Å². The lowest BCUT2D eigenvalue weighted by atomic mass is 9.82. The highest BCUT2D eigenvalue weighted by Gasteiger charge is 2.44. The quantitative estimate of drug-likeness (QED) is 0.640. The summed E-state index contributed by atoms with van der Waals surface area (Å²) in [5.41, 5.74) is 4.51. The van der Waals surface area contributed by atoms with Crippen LogP contribution in [-0.4, -0.2) is 46.0 Å². The largest absolute Gasteiger partial charge is 0.369 e. The van der Waals surface area contributed by atoms with Crippen LogP contribution in [0.5, 0.6) is 0 Å². The van der Waals surface area contributed by atoms with Crippen LogP contribution in [-0.2, 0) is 23.3 Å². The van der Waals surface area contributed by atoms with Crippen molar-refractivity contribution in [3.05, 3.63) is 62.1 Å². The van der Waals surface area contributed by atoms with Gasteiger partial charge in [0.05, 0.1) is 28.9 Å². The van der Waals surface area contributed by atoms with E-state index < -0.39 is 0 Å². The van der Waals surface area contributed by atoms with Gasteiger partial charge in [0.25, 0.3) is 5.91 Å². The minimum Gasteiger partial charge on any atom is -0.369 e. The molecule has 1 N–H and O–H groups in total. The number of rotatable bonds is 2. The fraction of sp³-hybridized carbons (Fsp3) is 0.409. The monoisotopic (exact) mass is 455 g/mol. The van der Waals surface area contributed by atoms with Crippen molar-refractivity contribution in [1.82, 2.24) is 25.2 Å². The Labute approximate surface area is 189 Å². The summed E-state index contributed by atoms with van der Waals surface area (Å²) in [5.74, 6) is 0.0490. The Morgan fingerprint density at radius 3 is 3.13 bits per heavy atom. The highest BCUT2D eigenvalue weighted by Crippen LogP contribution is 2.48. The molecule has 3 aromatic rings. The molecule has 0 bridgehead atoms. The number of halogens is 1. The van der Waals surface area contributed by atoms with Gasteiger partial charge in [-0.2, -0.15) is 0 Å². The third-order valence-electron chi connectivity index (χ3n) is 6.61. The summed E-state index contributed by atoms with van der Waals surface area (Å²) >= 11 is 7.97. The van der Waals surface area contributed by atoms with E-state index in [1.165, 1.54) is 10.4 Å². The van der Waals surface area contributed by atoms with Gasteiger partial charge < -0.3 is 15.0 Å². The van der Waals surface area contributed by atoms with Gasteiger partial charge in [-0.05, 0) is 48.7 Å². The number of nitrogens with one attached hydrogen (secondary N) is 1. The summed E-state index contributed by atoms with van der Waals surface area (Å²) in [6.07, 6.45) is 4.58. The predicted octanol–water partition coefficient (Wildman–Crippen LogP) is 3.46. The van der Waals surface area contributed by atoms with Gasteiger partial charge in [0.2, 0.25) is 0 Å². The lowest BCUT2D eigenvalue weighted by Gasteiger charge is -2.43. The third kappa shape index (κ3) is 3.12. The minimum absolute atomic E-state index is 0.0384. The van der Waals surface area contributed by atoms with Crippen molar-refractivity contribution in [2.24, 2.45) is 0 Å². The molecule has 2 atom stereocenters. The molecular formula is C22H22ClN5O2S. The van der Waals surface area contributed by atoms with E-state index >= 15 is 0 Å². The summed E-state index contributed by atoms with van der Waals surface area (Å²) in [6.45, 7) is 2.21. The van der Waals surface area contributed by atoms with Gasteiger partial charge in [-0.15, -0.1) is 16.4 Å². The molecule has 31 heavy (non-hydrogen) atoms. The zero-order valence-corrected chi connectivity index (χ0v) is 18.7. The number of nitrogens with zero attached hydrogens (tertiary/aromatic N) is 4. The Hall–Kier alpha value is -2.26. The summed E-state index contributed by atoms with van der Waals surface area (Å²) in [6, 6.07) is 8.02. The molecule has 1 fully saturated rings. The average molecular weight is 456 g/mol. The van der Waals surface area contributed by atoms with Crippen molar-refractivity contribution in [2.45, 2.75) is 37.5 Å². The van der Waals surface area contributed by atoms with E-state index in [1.807, 2.05) is 31.4 Å². The van der Waals surface area contributed by atoms with E-state index in [0.29, 0.717) is 6.54 Å². The van der Waals surface area contributed by atoms with E-state index in [-0.39, 0.29) is 17.6 Å². The molecule has 0 radical (unpaired) electrons. The van der Waals surface area contributed by atoms with E-state index in [1.54, 1.807) is 20.9 Å². The molecule has 3 aliphatic rings. The molecule has 0 saturated carbocycles. The van der Waals surface area contributed by atoms with Crippen molar-refractivity contribution in [2.75, 3.05) is 20.2 Å². The van der Waals surface area contributed by atoms with Crippen LogP contribution in [0.25, 0.3) is 5.69 Å². The van der Waals surface area contributed by atoms with Crippen molar-refractivity contribution >= 4 is 28.8 Å². The van der Waals surface area contributed by atoms with Gasteiger partial charge in [0, 0.05) is 30.5 Å². The molecule has 1 saturated heterocycles. The number of benzene rings is 1. The molecule has 1 spiro atoms. The fourth-order valence-electron chi connectivity index (χ4n) is 5.03. The molecule has 9 heteroatoms. The standard InChI is InChI=1S/C22H22ClN5O2S/c1-27-11-14-2-3-15(9-16(14)21(27)29)28-12-18(25-26-28)17-10-22(5-6-24-17)20-13(4-7-30-22)8-19(23)31-20/h2-3,8-9,12,17,24H,4-7,10-11H2,1H3/t17-,22-/m0/s1. The first kappa shape index (κ1) is 19.4. The number of thiophene rings is 1. The lowest BCUT2D eigenvalue weighted by molar-refractivity contribution is -0.0871. The maximum absolute atomic E-state index is 12.4. The van der Waals surface area contributed by atoms with Crippen LogP contribution in [0.4, 0.5) is 0 Å². The van der Waals surface area contributed by atoms with Crippen molar-refractivity contribution in [3.63, 3.8) is 0 Å². The van der Waals surface area contributed by atoms with Gasteiger partial charge in [-0.3, -0.25) is 4.79 Å². The molecule has 2 aromatic heterocycles. The number of ether oxygens (including phenoxy) is 1. The summed E-state index contributed by atoms with van der Waals surface area (Å²) in [7, 11) is 1.82. The van der Waals surface area contributed by atoms with E-state index in [2.05, 4.69) is 21.7 Å². The van der Waals surface area contributed by atoms with Crippen molar-refractivity contribution < 1.29 is 9.53 Å². The molecule has 1 amide bonds. The molecular weight excluding hydrogens is 434 g/mol. The average Bonchev–Trinajstić information content (AvgIpc) is 3.47. The number of hydrogen-bond acceptors (Lipinski definition) is 6. The van der Waals surface area contributed by atoms with Crippen LogP contribution >= 0.6 is 22.9 Å². The van der Waals surface area contributed by atoms with Crippen molar-refractivity contribution in [3.8, 4) is 5.69 Å². The number of amides is 1. The maximum Gasteiger partial charge on any atom is 0.254 e. The molecule has 5 heterocycles. The SMILES string of the molecule is CN1Cc2ccc(-n3cc([C@@H]4C[C@]5(CCN4)OCCc4cc(Cl)sc45)nn3)cc2C1=O. The van der Waals surface area contributed by atoms with Gasteiger partial charge in [0.15, 0.2) is 0 Å². The Morgan fingerprint density at radius 2 is 2.23 bits per heavy atom. The Balaban J connectivity index is 1.29. The Kier molecular flexibility index (Phi) is 4.47. The van der Waals surface area contributed by atoms with E-state index in [4.69, 9.17) is 16.3 Å². The highest BCUT2D eigenvalue weighted by molar-refractivity contribution is 7.16. The first-order chi connectivity index (χ1) is 15.0. The van der Waals surface area contributed by atoms with Gasteiger partial charge >= 0.3 is 0 Å². The van der Waals surface area contributed by atoms with E-state index in [9.17, 15) is 4.79 Å². The van der Waals surface area contributed by atoms with Gasteiger partial charge in [-0.25, -0.2) is 4.68 Å². The minimum atomic E-state index is -0.310. The van der Waals surface area contributed by atoms with Crippen molar-refractivity contribution in [1.29, 1.82) is 0 Å². The normalized spacial score (nSPS) is 25.2. The smallest absolute Gasteiger partial charge is 0.254 e. The number of hydrogen-bond donors (Lipinski definition) is 1. The summed E-state index contributed by atoms with van der Waals surface area (Å²) in [4.78, 5) is 15.3. The van der Waals surface area contributed by atoms with Crippen LogP contribution in [0.1, 0.15) is 50.9 Å². The molecule has 0 unspecified atom stereocenters. The van der Waals surface area contributed by atoms with Crippen LogP contribution < -0.4 is 5.32 Å². The molecule has 7 nitrogen and oxygen atoms in total. The van der Waals surface area contributed by atoms with Crippen LogP contribution in [0.15, 0.2) is 30.5 Å². The second-order valence-corrected chi connectivity index (χ2v) is 10.2. The zero-order chi connectivity index (χ0) is 21.2. The second-order valence-electron chi connectivity index (χ2n) is 8.55. The first-order valence-electron chi connectivity index (χ1n) is 10.5. The zero-order valence-electron chi connectivity index (χ0n) is 17.1. The Morgan fingerprint density at radius 1 is 1.32 bits per heavy atom. The van der Waals surface area contributed by atoms with E-state index in [0.717, 1.165) is 59.3 Å². The van der Waals surface area contributed by atoms with Crippen LogP contribution in [0.2, 0.25) is 4.34 Å². The van der Waals surface area contributed by atoms with Gasteiger partial charge in [0.1, 0.15) is 11.3 Å². The summed E-state index contributed by atoms with van der Waals surface area (Å²) in [5, 5.41) is 12.4. The third-order valence-corrected chi connectivity index (χ3v) is 8.10. The number of carbonyl (C=O) groups is 1. The Bertz CT molecular complexity index is 1190. The fourth-order valence-corrected chi connectivity index (χ4v) is 6.51. The van der Waals surface area contributed by atoms with Gasteiger partial charge in [-0.1, -0.05) is 22.9 Å². The number of piperidine rings is 1. The lowest BCUT2D eigenvalue weighted by Crippen LogP contribution is -2.45. The first-order valence-corrected chi connectivity index (χ1v) is 11.7. The predicted molar refractivity (Wildman–Crippen MR) is 118 cm³/mol. The summed E-state index contributed by atoms with van der Waals surface area (Å²) < 4.78 is 8.95. The molecule has 160 valence electrons. The van der Waals surface area contributed by atoms with Crippen LogP contribution in [0, 0.1) is 0 Å². The molecule has 0 aliphatic carbocycles. The number of carbonyl (C=O) groups excluding carboxylic acids is 1. The molecule has 6 rings (SSSR count). The number of fused-ring (bicyclic) bond motifs is 3. The second kappa shape index (κ2) is 7.13. The number of aromatic nitrogens is 3. The topological polar surface area (TPSA) is 72.3 Å². The highest BCUT2D eigenvalue weighted by atomic mass is 35.5. The molecule has 1 aromatic carbocycles. The molecule has 3 aliphatic heterocycles. The maximum atomic E-state index is 12.4.